The van der Waals surface area contributed by atoms with Crippen LogP contribution in [0.1, 0.15) is 11.1 Å². The Morgan fingerprint density at radius 3 is 2.65 bits per heavy atom. The van der Waals surface area contributed by atoms with Crippen molar-refractivity contribution in [2.24, 2.45) is 0 Å². The van der Waals surface area contributed by atoms with Crippen LogP contribution in [0.3, 0.4) is 0 Å². The number of hydrogen-bond acceptors (Lipinski definition) is 4. The Bertz CT molecular complexity index is 1290. The summed E-state index contributed by atoms with van der Waals surface area (Å²) >= 11 is 3.57. The van der Waals surface area contributed by atoms with Gasteiger partial charge in [-0.25, -0.2) is 4.98 Å². The van der Waals surface area contributed by atoms with E-state index < -0.39 is 6.61 Å². The van der Waals surface area contributed by atoms with Gasteiger partial charge in [0.1, 0.15) is 5.75 Å². The summed E-state index contributed by atoms with van der Waals surface area (Å²) in [5.41, 5.74) is 1.46. The third-order valence-electron chi connectivity index (χ3n) is 4.87. The second-order valence-electron chi connectivity index (χ2n) is 6.94. The van der Waals surface area contributed by atoms with Gasteiger partial charge in [-0.3, -0.25) is 4.79 Å². The second-order valence-corrected chi connectivity index (χ2v) is 7.80. The summed E-state index contributed by atoms with van der Waals surface area (Å²) in [6.07, 6.45) is 5.27. The number of nitrogens with zero attached hydrogens (tertiary/aromatic N) is 3. The van der Waals surface area contributed by atoms with E-state index in [-0.39, 0.29) is 17.9 Å². The van der Waals surface area contributed by atoms with E-state index in [4.69, 9.17) is 0 Å². The van der Waals surface area contributed by atoms with Crippen LogP contribution in [-0.2, 0) is 13.1 Å². The minimum atomic E-state index is -2.90. The largest absolute Gasteiger partial charge is 0.435 e. The number of imidazole rings is 1. The minimum Gasteiger partial charge on any atom is -0.435 e. The number of ether oxygens (including phenoxy) is 1. The number of nitrogens with one attached hydrogen (secondary N) is 1. The Hall–Kier alpha value is -3.20. The van der Waals surface area contributed by atoms with E-state index in [2.05, 4.69) is 31.0 Å². The van der Waals surface area contributed by atoms with Gasteiger partial charge in [-0.2, -0.15) is 8.78 Å². The van der Waals surface area contributed by atoms with Crippen molar-refractivity contribution in [3.8, 4) is 5.75 Å². The first-order valence-electron chi connectivity index (χ1n) is 9.49. The number of fused-ring (bicyclic) bond motifs is 1. The molecule has 0 unspecified atom stereocenters. The summed E-state index contributed by atoms with van der Waals surface area (Å²) in [4.78, 5) is 17.4. The van der Waals surface area contributed by atoms with E-state index in [9.17, 15) is 13.6 Å². The van der Waals surface area contributed by atoms with Crippen LogP contribution in [-0.4, -0.2) is 27.8 Å². The zero-order valence-corrected chi connectivity index (χ0v) is 18.1. The van der Waals surface area contributed by atoms with Crippen LogP contribution >= 0.6 is 15.9 Å². The van der Waals surface area contributed by atoms with Crippen molar-refractivity contribution in [1.29, 1.82) is 0 Å². The molecule has 0 aliphatic heterocycles. The summed E-state index contributed by atoms with van der Waals surface area (Å²) in [6, 6.07) is 12.1. The van der Waals surface area contributed by atoms with E-state index >= 15 is 0 Å². The molecule has 0 fully saturated rings. The lowest BCUT2D eigenvalue weighted by Crippen LogP contribution is -2.20. The van der Waals surface area contributed by atoms with Gasteiger partial charge in [0.25, 0.3) is 5.56 Å². The van der Waals surface area contributed by atoms with Crippen LogP contribution in [0.15, 0.2) is 70.3 Å². The highest BCUT2D eigenvalue weighted by Crippen LogP contribution is 2.25. The van der Waals surface area contributed by atoms with Crippen molar-refractivity contribution in [2.45, 2.75) is 19.7 Å². The first kappa shape index (κ1) is 21.0. The molecular weight excluding hydrogens is 470 g/mol. The predicted octanol–water partition coefficient (Wildman–Crippen LogP) is 4.70. The van der Waals surface area contributed by atoms with Crippen molar-refractivity contribution >= 4 is 32.7 Å². The van der Waals surface area contributed by atoms with Gasteiger partial charge in [-0.1, -0.05) is 28.1 Å². The Morgan fingerprint density at radius 1 is 1.06 bits per heavy atom. The summed E-state index contributed by atoms with van der Waals surface area (Å²) in [7, 11) is 1.80. The van der Waals surface area contributed by atoms with Crippen molar-refractivity contribution in [3.05, 3.63) is 87.0 Å². The Morgan fingerprint density at radius 2 is 1.87 bits per heavy atom. The minimum absolute atomic E-state index is 0.0621. The quantitative estimate of drug-likeness (QED) is 0.409. The van der Waals surface area contributed by atoms with Crippen molar-refractivity contribution in [2.75, 3.05) is 12.4 Å². The molecular formula is C22H19BrF2N4O2. The van der Waals surface area contributed by atoms with Gasteiger partial charge in [0.05, 0.1) is 13.1 Å². The van der Waals surface area contributed by atoms with Crippen molar-refractivity contribution in [1.82, 2.24) is 14.1 Å². The van der Waals surface area contributed by atoms with Crippen molar-refractivity contribution < 1.29 is 13.5 Å². The first-order chi connectivity index (χ1) is 14.9. The number of aromatic nitrogens is 3. The van der Waals surface area contributed by atoms with Crippen LogP contribution in [0.2, 0.25) is 0 Å². The molecule has 1 N–H and O–H groups in total. The maximum Gasteiger partial charge on any atom is 0.387 e. The fourth-order valence-electron chi connectivity index (χ4n) is 3.50. The van der Waals surface area contributed by atoms with Gasteiger partial charge in [0.15, 0.2) is 0 Å². The molecule has 2 aromatic carbocycles. The molecule has 0 atom stereocenters. The highest BCUT2D eigenvalue weighted by atomic mass is 79.9. The molecule has 31 heavy (non-hydrogen) atoms. The number of anilines is 1. The average Bonchev–Trinajstić information content (AvgIpc) is 3.17. The molecule has 0 aliphatic carbocycles. The monoisotopic (exact) mass is 488 g/mol. The van der Waals surface area contributed by atoms with Gasteiger partial charge in [-0.15, -0.1) is 0 Å². The number of hydrogen-bond donors (Lipinski definition) is 1. The molecule has 160 valence electrons. The van der Waals surface area contributed by atoms with Crippen molar-refractivity contribution in [3.63, 3.8) is 0 Å². The fourth-order valence-corrected chi connectivity index (χ4v) is 4.14. The lowest BCUT2D eigenvalue weighted by atomic mass is 10.1. The third-order valence-corrected chi connectivity index (χ3v) is 5.53. The van der Waals surface area contributed by atoms with Crippen LogP contribution in [0.4, 0.5) is 14.7 Å². The lowest BCUT2D eigenvalue weighted by molar-refractivity contribution is -0.0498. The molecule has 2 heterocycles. The molecule has 0 amide bonds. The molecule has 0 spiro atoms. The maximum absolute atomic E-state index is 13.2. The third kappa shape index (κ3) is 4.61. The second kappa shape index (κ2) is 8.89. The molecule has 0 radical (unpaired) electrons. The summed E-state index contributed by atoms with van der Waals surface area (Å²) < 4.78 is 33.7. The molecule has 9 heteroatoms. The molecule has 6 nitrogen and oxygen atoms in total. The standard InChI is InChI=1S/C22H19BrF2N4O2/c1-26-22-27-6-8-29(22)13-15-10-18-17(19(23)11-15)5-7-28(20(18)30)12-14-3-2-4-16(9-14)31-21(24)25/h2-11,21H,12-13H2,1H3,(H,26,27). The van der Waals surface area contributed by atoms with E-state index in [1.54, 1.807) is 36.1 Å². The highest BCUT2D eigenvalue weighted by molar-refractivity contribution is 9.10. The van der Waals surface area contributed by atoms with E-state index in [1.165, 1.54) is 12.1 Å². The van der Waals surface area contributed by atoms with Crippen LogP contribution < -0.4 is 15.6 Å². The number of benzene rings is 2. The predicted molar refractivity (Wildman–Crippen MR) is 119 cm³/mol. The molecule has 4 aromatic rings. The number of rotatable bonds is 7. The number of alkyl halides is 2. The molecule has 0 saturated carbocycles. The maximum atomic E-state index is 13.2. The van der Waals surface area contributed by atoms with Gasteiger partial charge in [0, 0.05) is 40.9 Å². The lowest BCUT2D eigenvalue weighted by Gasteiger charge is -2.12. The summed E-state index contributed by atoms with van der Waals surface area (Å²) in [5.74, 6) is 0.791. The molecule has 0 aliphatic rings. The zero-order valence-electron chi connectivity index (χ0n) is 16.6. The topological polar surface area (TPSA) is 61.1 Å². The van der Waals surface area contributed by atoms with Gasteiger partial charge < -0.3 is 19.2 Å². The zero-order chi connectivity index (χ0) is 22.0. The van der Waals surface area contributed by atoms with E-state index in [0.29, 0.717) is 17.5 Å². The first-order valence-corrected chi connectivity index (χ1v) is 10.3. The van der Waals surface area contributed by atoms with Crippen LogP contribution in [0, 0.1) is 0 Å². The summed E-state index contributed by atoms with van der Waals surface area (Å²) in [5, 5.41) is 4.40. The molecule has 4 rings (SSSR count). The Labute approximate surface area is 185 Å². The average molecular weight is 489 g/mol. The number of pyridine rings is 1. The molecule has 2 aromatic heterocycles. The van der Waals surface area contributed by atoms with Gasteiger partial charge >= 0.3 is 6.61 Å². The number of halogens is 3. The van der Waals surface area contributed by atoms with E-state index in [1.807, 2.05) is 29.0 Å². The Balaban J connectivity index is 1.68. The fraction of sp³-hybridized carbons (Fsp3) is 0.182. The van der Waals surface area contributed by atoms with Crippen LogP contribution in [0.25, 0.3) is 10.8 Å². The summed E-state index contributed by atoms with van der Waals surface area (Å²) in [6.45, 7) is -2.11. The Kier molecular flexibility index (Phi) is 6.03. The normalized spacial score (nSPS) is 11.3. The van der Waals surface area contributed by atoms with Gasteiger partial charge in [0.2, 0.25) is 5.95 Å². The highest BCUT2D eigenvalue weighted by Gasteiger charge is 2.11. The smallest absolute Gasteiger partial charge is 0.387 e. The molecule has 0 bridgehead atoms. The van der Waals surface area contributed by atoms with Gasteiger partial charge in [-0.05, 0) is 41.5 Å². The van der Waals surface area contributed by atoms with Crippen LogP contribution in [0.5, 0.6) is 5.75 Å². The molecule has 0 saturated heterocycles. The SMILES string of the molecule is CNc1nccn1Cc1cc(Br)c2ccn(Cc3cccc(OC(F)F)c3)c(=O)c2c1. The van der Waals surface area contributed by atoms with E-state index in [0.717, 1.165) is 21.4 Å².